The van der Waals surface area contributed by atoms with E-state index in [1.807, 2.05) is 24.3 Å². The number of para-hydroxylation sites is 1. The van der Waals surface area contributed by atoms with Crippen LogP contribution < -0.4 is 16.4 Å². The van der Waals surface area contributed by atoms with Crippen LogP contribution in [0.4, 0.5) is 5.69 Å². The number of hydrogen-bond donors (Lipinski definition) is 3. The fourth-order valence-electron chi connectivity index (χ4n) is 2.32. The third-order valence-electron chi connectivity index (χ3n) is 3.51. The number of primary amides is 1. The van der Waals surface area contributed by atoms with E-state index in [-0.39, 0.29) is 17.9 Å². The molecule has 25 heavy (non-hydrogen) atoms. The third kappa shape index (κ3) is 5.15. The molecule has 130 valence electrons. The zero-order chi connectivity index (χ0) is 18.4. The Balaban J connectivity index is 2.20. The molecule has 0 fully saturated rings. The number of anilines is 1. The predicted molar refractivity (Wildman–Crippen MR) is 99.0 cm³/mol. The van der Waals surface area contributed by atoms with Crippen LogP contribution in [0.1, 0.15) is 22.8 Å². The summed E-state index contributed by atoms with van der Waals surface area (Å²) >= 11 is 3.41. The highest BCUT2D eigenvalue weighted by molar-refractivity contribution is 9.10. The fourth-order valence-corrected chi connectivity index (χ4v) is 2.77. The molecule has 2 aromatic carbocycles. The fraction of sp³-hybridized carbons (Fsp3) is 0.167. The molecule has 0 unspecified atom stereocenters. The van der Waals surface area contributed by atoms with Gasteiger partial charge in [0.05, 0.1) is 11.3 Å². The largest absolute Gasteiger partial charge is 0.368 e. The predicted octanol–water partition coefficient (Wildman–Crippen LogP) is 2.23. The summed E-state index contributed by atoms with van der Waals surface area (Å²) in [5.74, 6) is -1.42. The van der Waals surface area contributed by atoms with Crippen molar-refractivity contribution in [2.75, 3.05) is 5.32 Å². The molecule has 0 bridgehead atoms. The zero-order valence-electron chi connectivity index (χ0n) is 13.6. The number of nitrogens with two attached hydrogens (primary N) is 1. The van der Waals surface area contributed by atoms with Gasteiger partial charge in [-0.15, -0.1) is 0 Å². The summed E-state index contributed by atoms with van der Waals surface area (Å²) in [7, 11) is 0. The average Bonchev–Trinajstić information content (AvgIpc) is 2.55. The summed E-state index contributed by atoms with van der Waals surface area (Å²) in [6, 6.07) is 13.1. The van der Waals surface area contributed by atoms with E-state index in [4.69, 9.17) is 5.73 Å². The third-order valence-corrected chi connectivity index (χ3v) is 4.29. The Labute approximate surface area is 153 Å². The Bertz CT molecular complexity index is 808. The lowest BCUT2D eigenvalue weighted by molar-refractivity contribution is -0.119. The summed E-state index contributed by atoms with van der Waals surface area (Å²) in [5.41, 5.74) is 6.92. The molecule has 0 aliphatic carbocycles. The molecule has 3 amide bonds. The van der Waals surface area contributed by atoms with Crippen molar-refractivity contribution in [3.8, 4) is 0 Å². The molecule has 0 radical (unpaired) electrons. The van der Waals surface area contributed by atoms with Gasteiger partial charge < -0.3 is 16.4 Å². The monoisotopic (exact) mass is 403 g/mol. The molecule has 0 aliphatic heterocycles. The highest BCUT2D eigenvalue weighted by Gasteiger charge is 2.22. The molecule has 0 aliphatic rings. The maximum atomic E-state index is 12.6. The summed E-state index contributed by atoms with van der Waals surface area (Å²) in [5, 5.41) is 5.23. The van der Waals surface area contributed by atoms with E-state index >= 15 is 0 Å². The molecule has 6 nitrogen and oxygen atoms in total. The first-order valence-corrected chi connectivity index (χ1v) is 8.38. The van der Waals surface area contributed by atoms with Gasteiger partial charge in [-0.3, -0.25) is 14.4 Å². The first kappa shape index (κ1) is 18.7. The quantitative estimate of drug-likeness (QED) is 0.688. The molecule has 7 heteroatoms. The van der Waals surface area contributed by atoms with Gasteiger partial charge in [-0.1, -0.05) is 46.3 Å². The van der Waals surface area contributed by atoms with Gasteiger partial charge in [0.2, 0.25) is 11.8 Å². The Morgan fingerprint density at radius 2 is 1.72 bits per heavy atom. The van der Waals surface area contributed by atoms with Gasteiger partial charge in [-0.05, 0) is 23.8 Å². The van der Waals surface area contributed by atoms with Gasteiger partial charge in [0.1, 0.15) is 6.04 Å². The summed E-state index contributed by atoms with van der Waals surface area (Å²) in [6.45, 7) is 1.35. The van der Waals surface area contributed by atoms with Crippen molar-refractivity contribution in [3.05, 3.63) is 64.1 Å². The number of hydrogen-bond acceptors (Lipinski definition) is 3. The first-order chi connectivity index (χ1) is 11.9. The van der Waals surface area contributed by atoms with E-state index < -0.39 is 17.9 Å². The second-order valence-corrected chi connectivity index (χ2v) is 6.31. The summed E-state index contributed by atoms with van der Waals surface area (Å²) in [6.07, 6.45) is 0.255. The lowest BCUT2D eigenvalue weighted by Gasteiger charge is -2.17. The van der Waals surface area contributed by atoms with Gasteiger partial charge in [0, 0.05) is 17.8 Å². The van der Waals surface area contributed by atoms with E-state index in [2.05, 4.69) is 26.6 Å². The molecule has 0 saturated heterocycles. The highest BCUT2D eigenvalue weighted by atomic mass is 79.9. The second kappa shape index (κ2) is 8.43. The standard InChI is InChI=1S/C18H18BrN3O3/c1-11(23)21-15-9-5-3-7-13(15)18(25)22-16(17(20)24)10-12-6-2-4-8-14(12)19/h2-9,16H,10H2,1H3,(H2,20,24)(H,21,23)(H,22,25)/t16-/m1/s1. The Kier molecular flexibility index (Phi) is 6.30. The zero-order valence-corrected chi connectivity index (χ0v) is 15.2. The Morgan fingerprint density at radius 1 is 1.08 bits per heavy atom. The molecule has 2 aromatic rings. The van der Waals surface area contributed by atoms with Crippen LogP contribution in [0.3, 0.4) is 0 Å². The highest BCUT2D eigenvalue weighted by Crippen LogP contribution is 2.19. The van der Waals surface area contributed by atoms with Crippen LogP contribution in [-0.4, -0.2) is 23.8 Å². The van der Waals surface area contributed by atoms with Crippen molar-refractivity contribution < 1.29 is 14.4 Å². The molecular formula is C18H18BrN3O3. The van der Waals surface area contributed by atoms with Crippen molar-refractivity contribution in [1.82, 2.24) is 5.32 Å². The van der Waals surface area contributed by atoms with Gasteiger partial charge in [-0.2, -0.15) is 0 Å². The van der Waals surface area contributed by atoms with Crippen molar-refractivity contribution in [3.63, 3.8) is 0 Å². The number of rotatable bonds is 6. The van der Waals surface area contributed by atoms with Crippen molar-refractivity contribution in [1.29, 1.82) is 0 Å². The van der Waals surface area contributed by atoms with Gasteiger partial charge in [0.25, 0.3) is 5.91 Å². The van der Waals surface area contributed by atoms with Crippen molar-refractivity contribution in [2.45, 2.75) is 19.4 Å². The molecule has 0 aromatic heterocycles. The Hall–Kier alpha value is -2.67. The number of halogens is 1. The number of carbonyl (C=O) groups is 3. The molecule has 4 N–H and O–H groups in total. The summed E-state index contributed by atoms with van der Waals surface area (Å²) < 4.78 is 0.828. The van der Waals surface area contributed by atoms with E-state index in [0.29, 0.717) is 5.69 Å². The van der Waals surface area contributed by atoms with E-state index in [1.54, 1.807) is 24.3 Å². The summed E-state index contributed by atoms with van der Waals surface area (Å²) in [4.78, 5) is 35.6. The van der Waals surface area contributed by atoms with Crippen LogP contribution >= 0.6 is 15.9 Å². The number of benzene rings is 2. The van der Waals surface area contributed by atoms with E-state index in [9.17, 15) is 14.4 Å². The maximum absolute atomic E-state index is 12.6. The van der Waals surface area contributed by atoms with Crippen LogP contribution in [0, 0.1) is 0 Å². The number of carbonyl (C=O) groups excluding carboxylic acids is 3. The minimum absolute atomic E-state index is 0.255. The maximum Gasteiger partial charge on any atom is 0.254 e. The topological polar surface area (TPSA) is 101 Å². The minimum atomic E-state index is -0.878. The van der Waals surface area contributed by atoms with Gasteiger partial charge >= 0.3 is 0 Å². The number of nitrogens with one attached hydrogen (secondary N) is 2. The molecule has 0 saturated carbocycles. The average molecular weight is 404 g/mol. The van der Waals surface area contributed by atoms with E-state index in [1.165, 1.54) is 6.92 Å². The van der Waals surface area contributed by atoms with Crippen molar-refractivity contribution in [2.24, 2.45) is 5.73 Å². The van der Waals surface area contributed by atoms with Gasteiger partial charge in [-0.25, -0.2) is 0 Å². The molecular weight excluding hydrogens is 386 g/mol. The minimum Gasteiger partial charge on any atom is -0.368 e. The van der Waals surface area contributed by atoms with Crippen molar-refractivity contribution >= 4 is 39.3 Å². The molecule has 0 spiro atoms. The van der Waals surface area contributed by atoms with Crippen LogP contribution in [-0.2, 0) is 16.0 Å². The van der Waals surface area contributed by atoms with Crippen LogP contribution in [0.5, 0.6) is 0 Å². The lowest BCUT2D eigenvalue weighted by Crippen LogP contribution is -2.46. The molecule has 2 rings (SSSR count). The number of amides is 3. The smallest absolute Gasteiger partial charge is 0.254 e. The normalized spacial score (nSPS) is 11.4. The first-order valence-electron chi connectivity index (χ1n) is 7.58. The van der Waals surface area contributed by atoms with E-state index in [0.717, 1.165) is 10.0 Å². The lowest BCUT2D eigenvalue weighted by atomic mass is 10.0. The SMILES string of the molecule is CC(=O)Nc1ccccc1C(=O)N[C@H](Cc1ccccc1Br)C(N)=O. The van der Waals surface area contributed by atoms with Crippen LogP contribution in [0.2, 0.25) is 0 Å². The van der Waals surface area contributed by atoms with Gasteiger partial charge in [0.15, 0.2) is 0 Å². The van der Waals surface area contributed by atoms with Crippen LogP contribution in [0.15, 0.2) is 53.0 Å². The Morgan fingerprint density at radius 3 is 2.36 bits per heavy atom. The molecule has 0 heterocycles. The molecule has 1 atom stereocenters. The second-order valence-electron chi connectivity index (χ2n) is 5.45. The van der Waals surface area contributed by atoms with Crippen LogP contribution in [0.25, 0.3) is 0 Å².